The summed E-state index contributed by atoms with van der Waals surface area (Å²) in [5.41, 5.74) is 4.42. The fourth-order valence-corrected chi connectivity index (χ4v) is 4.49. The van der Waals surface area contributed by atoms with Crippen LogP contribution in [-0.4, -0.2) is 29.6 Å². The van der Waals surface area contributed by atoms with Gasteiger partial charge in [0.2, 0.25) is 0 Å². The van der Waals surface area contributed by atoms with E-state index in [1.54, 1.807) is 6.20 Å². The van der Waals surface area contributed by atoms with E-state index in [0.717, 1.165) is 52.9 Å². The predicted octanol–water partition coefficient (Wildman–Crippen LogP) is 5.51. The van der Waals surface area contributed by atoms with E-state index in [4.69, 9.17) is 21.1 Å². The number of fused-ring (bicyclic) bond motifs is 1. The Bertz CT molecular complexity index is 1010. The monoisotopic (exact) mass is 406 g/mol. The maximum Gasteiger partial charge on any atom is 0.161 e. The molecular weight excluding hydrogens is 384 g/mol. The summed E-state index contributed by atoms with van der Waals surface area (Å²) in [5.74, 6) is 1.70. The molecule has 1 atom stereocenters. The first-order valence-electron chi connectivity index (χ1n) is 10.1. The molecule has 1 unspecified atom stereocenters. The van der Waals surface area contributed by atoms with Crippen molar-refractivity contribution < 1.29 is 9.47 Å². The summed E-state index contributed by atoms with van der Waals surface area (Å²) in [6.07, 6.45) is 4.13. The van der Waals surface area contributed by atoms with Gasteiger partial charge in [0.25, 0.3) is 0 Å². The SMILES string of the molecule is Clc1cc(-c2ccccn2)ccc1CN1CCCC1c1ccc2c(c1)OCCO2. The predicted molar refractivity (Wildman–Crippen MR) is 115 cm³/mol. The third-order valence-corrected chi connectivity index (χ3v) is 6.05. The molecular formula is C24H23ClN2O2. The number of halogens is 1. The number of hydrogen-bond acceptors (Lipinski definition) is 4. The van der Waals surface area contributed by atoms with Gasteiger partial charge < -0.3 is 9.47 Å². The van der Waals surface area contributed by atoms with Crippen molar-refractivity contribution in [3.63, 3.8) is 0 Å². The summed E-state index contributed by atoms with van der Waals surface area (Å²) in [6, 6.07) is 18.9. The van der Waals surface area contributed by atoms with Gasteiger partial charge in [-0.05, 0) is 60.8 Å². The first-order chi connectivity index (χ1) is 14.3. The molecule has 3 heterocycles. The van der Waals surface area contributed by atoms with Gasteiger partial charge in [-0.15, -0.1) is 0 Å². The van der Waals surface area contributed by atoms with Crippen molar-refractivity contribution in [1.29, 1.82) is 0 Å². The molecule has 0 bridgehead atoms. The average Bonchev–Trinajstić information content (AvgIpc) is 3.23. The Hall–Kier alpha value is -2.56. The van der Waals surface area contributed by atoms with E-state index in [2.05, 4.69) is 34.1 Å². The second-order valence-corrected chi connectivity index (χ2v) is 7.96. The molecule has 5 rings (SSSR count). The molecule has 3 aromatic rings. The van der Waals surface area contributed by atoms with E-state index < -0.39 is 0 Å². The normalized spacial score (nSPS) is 18.7. The summed E-state index contributed by atoms with van der Waals surface area (Å²) < 4.78 is 11.4. The Labute approximate surface area is 176 Å². The van der Waals surface area contributed by atoms with E-state index in [-0.39, 0.29) is 0 Å². The molecule has 0 amide bonds. The number of nitrogens with zero attached hydrogens (tertiary/aromatic N) is 2. The van der Waals surface area contributed by atoms with Crippen molar-refractivity contribution in [2.75, 3.05) is 19.8 Å². The van der Waals surface area contributed by atoms with Crippen molar-refractivity contribution in [3.8, 4) is 22.8 Å². The summed E-state index contributed by atoms with van der Waals surface area (Å²) in [7, 11) is 0. The van der Waals surface area contributed by atoms with Gasteiger partial charge in [-0.1, -0.05) is 35.9 Å². The lowest BCUT2D eigenvalue weighted by molar-refractivity contribution is 0.170. The van der Waals surface area contributed by atoms with Crippen LogP contribution in [0.4, 0.5) is 0 Å². The van der Waals surface area contributed by atoms with Crippen LogP contribution in [0.5, 0.6) is 11.5 Å². The van der Waals surface area contributed by atoms with Crippen LogP contribution in [-0.2, 0) is 6.54 Å². The zero-order valence-electron chi connectivity index (χ0n) is 16.2. The highest BCUT2D eigenvalue weighted by atomic mass is 35.5. The fourth-order valence-electron chi connectivity index (χ4n) is 4.25. The Balaban J connectivity index is 1.36. The van der Waals surface area contributed by atoms with Crippen LogP contribution in [0.2, 0.25) is 5.02 Å². The average molecular weight is 407 g/mol. The van der Waals surface area contributed by atoms with Gasteiger partial charge in [0.15, 0.2) is 11.5 Å². The summed E-state index contributed by atoms with van der Waals surface area (Å²) >= 11 is 6.66. The van der Waals surface area contributed by atoms with Crippen LogP contribution in [0.3, 0.4) is 0 Å². The molecule has 0 N–H and O–H groups in total. The highest BCUT2D eigenvalue weighted by molar-refractivity contribution is 6.31. The lowest BCUT2D eigenvalue weighted by Crippen LogP contribution is -2.23. The summed E-state index contributed by atoms with van der Waals surface area (Å²) in [5, 5.41) is 0.793. The van der Waals surface area contributed by atoms with Crippen LogP contribution in [0.1, 0.15) is 30.0 Å². The third-order valence-electron chi connectivity index (χ3n) is 5.70. The lowest BCUT2D eigenvalue weighted by Gasteiger charge is -2.27. The molecule has 0 spiro atoms. The smallest absolute Gasteiger partial charge is 0.161 e. The first-order valence-corrected chi connectivity index (χ1v) is 10.5. The molecule has 148 valence electrons. The fraction of sp³-hybridized carbons (Fsp3) is 0.292. The van der Waals surface area contributed by atoms with Crippen molar-refractivity contribution in [3.05, 3.63) is 76.9 Å². The van der Waals surface area contributed by atoms with E-state index in [9.17, 15) is 0 Å². The molecule has 1 fully saturated rings. The molecule has 1 aromatic heterocycles. The second-order valence-electron chi connectivity index (χ2n) is 7.55. The Morgan fingerprint density at radius 2 is 1.90 bits per heavy atom. The van der Waals surface area contributed by atoms with Gasteiger partial charge in [-0.3, -0.25) is 9.88 Å². The molecule has 0 saturated carbocycles. The number of aromatic nitrogens is 1. The van der Waals surface area contributed by atoms with Crippen molar-refractivity contribution in [1.82, 2.24) is 9.88 Å². The molecule has 1 saturated heterocycles. The highest BCUT2D eigenvalue weighted by Crippen LogP contribution is 2.39. The minimum absolute atomic E-state index is 0.373. The van der Waals surface area contributed by atoms with Gasteiger partial charge in [0.1, 0.15) is 13.2 Å². The van der Waals surface area contributed by atoms with Gasteiger partial charge in [0.05, 0.1) is 5.69 Å². The van der Waals surface area contributed by atoms with Gasteiger partial charge in [-0.25, -0.2) is 0 Å². The van der Waals surface area contributed by atoms with Crippen LogP contribution in [0.25, 0.3) is 11.3 Å². The maximum atomic E-state index is 6.66. The number of benzene rings is 2. The Morgan fingerprint density at radius 1 is 1.00 bits per heavy atom. The van der Waals surface area contributed by atoms with E-state index in [1.807, 2.05) is 30.3 Å². The number of pyridine rings is 1. The minimum Gasteiger partial charge on any atom is -0.486 e. The van der Waals surface area contributed by atoms with Crippen molar-refractivity contribution in [2.45, 2.75) is 25.4 Å². The number of rotatable bonds is 4. The largest absolute Gasteiger partial charge is 0.486 e. The minimum atomic E-state index is 0.373. The molecule has 2 aliphatic rings. The van der Waals surface area contributed by atoms with Gasteiger partial charge in [-0.2, -0.15) is 0 Å². The van der Waals surface area contributed by atoms with Gasteiger partial charge in [0, 0.05) is 29.4 Å². The van der Waals surface area contributed by atoms with Crippen LogP contribution in [0.15, 0.2) is 60.8 Å². The Morgan fingerprint density at radius 3 is 2.72 bits per heavy atom. The second kappa shape index (κ2) is 8.05. The highest BCUT2D eigenvalue weighted by Gasteiger charge is 2.28. The topological polar surface area (TPSA) is 34.6 Å². The molecule has 0 aliphatic carbocycles. The maximum absolute atomic E-state index is 6.66. The van der Waals surface area contributed by atoms with Crippen LogP contribution in [0, 0.1) is 0 Å². The van der Waals surface area contributed by atoms with Gasteiger partial charge >= 0.3 is 0 Å². The lowest BCUT2D eigenvalue weighted by atomic mass is 10.0. The number of likely N-dealkylation sites (tertiary alicyclic amines) is 1. The van der Waals surface area contributed by atoms with Crippen LogP contribution < -0.4 is 9.47 Å². The standard InChI is InChI=1S/C24H23ClN2O2/c25-20-14-17(21-4-1-2-10-26-21)6-7-19(20)16-27-11-3-5-22(27)18-8-9-23-24(15-18)29-13-12-28-23/h1-2,4,6-10,14-15,22H,3,5,11-13,16H2. The molecule has 5 heteroatoms. The van der Waals surface area contributed by atoms with E-state index in [1.165, 1.54) is 12.0 Å². The zero-order valence-corrected chi connectivity index (χ0v) is 16.9. The summed E-state index contributed by atoms with van der Waals surface area (Å²) in [4.78, 5) is 6.93. The Kier molecular flexibility index (Phi) is 5.13. The molecule has 2 aromatic carbocycles. The zero-order chi connectivity index (χ0) is 19.6. The summed E-state index contributed by atoms with van der Waals surface area (Å²) in [6.45, 7) is 3.13. The first kappa shape index (κ1) is 18.5. The van der Waals surface area contributed by atoms with Crippen molar-refractivity contribution >= 4 is 11.6 Å². The molecule has 2 aliphatic heterocycles. The third kappa shape index (κ3) is 3.83. The molecule has 4 nitrogen and oxygen atoms in total. The van der Waals surface area contributed by atoms with E-state index >= 15 is 0 Å². The van der Waals surface area contributed by atoms with Crippen molar-refractivity contribution in [2.24, 2.45) is 0 Å². The quantitative estimate of drug-likeness (QED) is 0.572. The molecule has 0 radical (unpaired) electrons. The molecule has 29 heavy (non-hydrogen) atoms. The van der Waals surface area contributed by atoms with Crippen LogP contribution >= 0.6 is 11.6 Å². The number of ether oxygens (including phenoxy) is 2. The van der Waals surface area contributed by atoms with E-state index in [0.29, 0.717) is 19.3 Å². The number of hydrogen-bond donors (Lipinski definition) is 0.